The zero-order valence-corrected chi connectivity index (χ0v) is 19.9. The molecule has 9 heteroatoms. The van der Waals surface area contributed by atoms with Crippen LogP contribution < -0.4 is 21.7 Å². The third-order valence-electron chi connectivity index (χ3n) is 5.20. The van der Waals surface area contributed by atoms with Crippen LogP contribution in [0.15, 0.2) is 60.7 Å². The SMILES string of the molecule is CC(C)C[C@H](NC(=O)[CH]C(N)=O)C(=O)N[C@@H](Cc1ccccc1)[C@H](O)C(=O)NCc1ccccc1. The van der Waals surface area contributed by atoms with E-state index in [1.54, 1.807) is 0 Å². The minimum absolute atomic E-state index is 0.0336. The topological polar surface area (TPSA) is 151 Å². The summed E-state index contributed by atoms with van der Waals surface area (Å²) in [6.07, 6.45) is -0.426. The molecule has 2 rings (SSSR count). The Balaban J connectivity index is 2.15. The molecule has 35 heavy (non-hydrogen) atoms. The molecule has 2 aromatic rings. The summed E-state index contributed by atoms with van der Waals surface area (Å²) < 4.78 is 0. The number of hydrogen-bond donors (Lipinski definition) is 5. The highest BCUT2D eigenvalue weighted by Gasteiger charge is 2.31. The van der Waals surface area contributed by atoms with Gasteiger partial charge in [0.05, 0.1) is 6.04 Å². The fourth-order valence-electron chi connectivity index (χ4n) is 3.51. The van der Waals surface area contributed by atoms with Gasteiger partial charge in [0.1, 0.15) is 12.5 Å². The predicted molar refractivity (Wildman–Crippen MR) is 131 cm³/mol. The van der Waals surface area contributed by atoms with Crippen molar-refractivity contribution in [2.24, 2.45) is 11.7 Å². The Labute approximate surface area is 205 Å². The van der Waals surface area contributed by atoms with E-state index >= 15 is 0 Å². The number of hydrogen-bond acceptors (Lipinski definition) is 5. The van der Waals surface area contributed by atoms with Crippen molar-refractivity contribution >= 4 is 23.6 Å². The standard InChI is InChI=1S/C26H33N4O5/c1-17(2)13-21(29-23(32)15-22(27)31)25(34)30-20(14-18-9-5-3-6-10-18)24(33)26(35)28-16-19-11-7-4-8-12-19/h3-12,15,17,20-21,24,33H,13-14,16H2,1-2H3,(H2,27,31)(H,28,35)(H,29,32)(H,30,34)/t20-,21-,24-/m0/s1. The lowest BCUT2D eigenvalue weighted by atomic mass is 9.98. The lowest BCUT2D eigenvalue weighted by molar-refractivity contribution is -0.134. The molecule has 1 radical (unpaired) electrons. The van der Waals surface area contributed by atoms with Crippen LogP contribution in [0.25, 0.3) is 0 Å². The summed E-state index contributed by atoms with van der Waals surface area (Å²) in [5, 5.41) is 18.7. The number of aliphatic hydroxyl groups excluding tert-OH is 1. The van der Waals surface area contributed by atoms with Gasteiger partial charge < -0.3 is 26.8 Å². The molecule has 187 valence electrons. The predicted octanol–water partition coefficient (Wildman–Crippen LogP) is 0.612. The Morgan fingerprint density at radius 1 is 0.886 bits per heavy atom. The molecule has 4 amide bonds. The number of carbonyl (C=O) groups is 4. The lowest BCUT2D eigenvalue weighted by Gasteiger charge is -2.27. The van der Waals surface area contributed by atoms with Gasteiger partial charge in [-0.25, -0.2) is 0 Å². The third-order valence-corrected chi connectivity index (χ3v) is 5.20. The van der Waals surface area contributed by atoms with Crippen molar-refractivity contribution < 1.29 is 24.3 Å². The van der Waals surface area contributed by atoms with E-state index < -0.39 is 41.8 Å². The Bertz CT molecular complexity index is 982. The number of nitrogens with one attached hydrogen (secondary N) is 3. The van der Waals surface area contributed by atoms with Crippen molar-refractivity contribution in [2.45, 2.75) is 51.4 Å². The van der Waals surface area contributed by atoms with E-state index in [4.69, 9.17) is 5.73 Å². The molecule has 0 fully saturated rings. The second-order valence-corrected chi connectivity index (χ2v) is 8.69. The average molecular weight is 482 g/mol. The molecule has 0 spiro atoms. The Hall–Kier alpha value is -3.72. The Morgan fingerprint density at radius 3 is 2.00 bits per heavy atom. The van der Waals surface area contributed by atoms with Crippen molar-refractivity contribution in [1.29, 1.82) is 0 Å². The molecule has 0 aliphatic heterocycles. The number of primary amides is 1. The molecular formula is C26H33N4O5. The largest absolute Gasteiger partial charge is 0.381 e. The highest BCUT2D eigenvalue weighted by atomic mass is 16.3. The van der Waals surface area contributed by atoms with Crippen LogP contribution in [-0.2, 0) is 32.1 Å². The summed E-state index contributed by atoms with van der Waals surface area (Å²) >= 11 is 0. The zero-order valence-electron chi connectivity index (χ0n) is 19.9. The van der Waals surface area contributed by atoms with Gasteiger partial charge in [-0.2, -0.15) is 0 Å². The summed E-state index contributed by atoms with van der Waals surface area (Å²) in [6.45, 7) is 3.97. The molecule has 0 aliphatic rings. The molecule has 3 atom stereocenters. The first-order valence-corrected chi connectivity index (χ1v) is 11.4. The first-order chi connectivity index (χ1) is 16.7. The van der Waals surface area contributed by atoms with Gasteiger partial charge in [0.15, 0.2) is 6.10 Å². The molecule has 9 nitrogen and oxygen atoms in total. The smallest absolute Gasteiger partial charge is 0.251 e. The van der Waals surface area contributed by atoms with Crippen LogP contribution in [0.1, 0.15) is 31.4 Å². The number of carbonyl (C=O) groups excluding carboxylic acids is 4. The van der Waals surface area contributed by atoms with Crippen LogP contribution in [0.4, 0.5) is 0 Å². The van der Waals surface area contributed by atoms with E-state index in [1.807, 2.05) is 74.5 Å². The summed E-state index contributed by atoms with van der Waals surface area (Å²) in [5.41, 5.74) is 6.69. The van der Waals surface area contributed by atoms with Crippen LogP contribution in [0.3, 0.4) is 0 Å². The maximum atomic E-state index is 13.1. The summed E-state index contributed by atoms with van der Waals surface area (Å²) in [7, 11) is 0. The van der Waals surface area contributed by atoms with Crippen LogP contribution >= 0.6 is 0 Å². The van der Waals surface area contributed by atoms with E-state index in [-0.39, 0.29) is 25.3 Å². The van der Waals surface area contributed by atoms with E-state index in [9.17, 15) is 24.3 Å². The van der Waals surface area contributed by atoms with Gasteiger partial charge in [-0.05, 0) is 29.9 Å². The van der Waals surface area contributed by atoms with Gasteiger partial charge in [0, 0.05) is 6.54 Å². The van der Waals surface area contributed by atoms with Gasteiger partial charge in [0.2, 0.25) is 17.7 Å². The lowest BCUT2D eigenvalue weighted by Crippen LogP contribution is -2.56. The average Bonchev–Trinajstić information content (AvgIpc) is 2.81. The van der Waals surface area contributed by atoms with Gasteiger partial charge in [-0.3, -0.25) is 19.2 Å². The van der Waals surface area contributed by atoms with Crippen LogP contribution in [0, 0.1) is 12.3 Å². The summed E-state index contributed by atoms with van der Waals surface area (Å²) in [4.78, 5) is 48.9. The van der Waals surface area contributed by atoms with Crippen molar-refractivity contribution in [3.8, 4) is 0 Å². The number of benzene rings is 2. The van der Waals surface area contributed by atoms with E-state index in [0.717, 1.165) is 11.1 Å². The number of aliphatic hydroxyl groups is 1. The molecule has 0 aliphatic carbocycles. The van der Waals surface area contributed by atoms with Crippen LogP contribution in [0.2, 0.25) is 0 Å². The molecule has 0 saturated heterocycles. The highest BCUT2D eigenvalue weighted by molar-refractivity contribution is 6.08. The van der Waals surface area contributed by atoms with Crippen LogP contribution in [0.5, 0.6) is 0 Å². The van der Waals surface area contributed by atoms with Gasteiger partial charge in [-0.1, -0.05) is 74.5 Å². The molecule has 0 heterocycles. The molecular weight excluding hydrogens is 448 g/mol. The van der Waals surface area contributed by atoms with Crippen molar-refractivity contribution in [1.82, 2.24) is 16.0 Å². The second kappa shape index (κ2) is 13.9. The minimum Gasteiger partial charge on any atom is -0.381 e. The number of amides is 4. The molecule has 0 aromatic heterocycles. The fourth-order valence-corrected chi connectivity index (χ4v) is 3.51. The Morgan fingerprint density at radius 2 is 1.46 bits per heavy atom. The Kier molecular flexibility index (Phi) is 10.9. The maximum Gasteiger partial charge on any atom is 0.251 e. The number of rotatable bonds is 13. The third kappa shape index (κ3) is 9.97. The van der Waals surface area contributed by atoms with Gasteiger partial charge in [-0.15, -0.1) is 0 Å². The summed E-state index contributed by atoms with van der Waals surface area (Å²) in [5.74, 6) is -2.91. The van der Waals surface area contributed by atoms with Gasteiger partial charge in [0.25, 0.3) is 5.91 Å². The zero-order chi connectivity index (χ0) is 25.8. The van der Waals surface area contributed by atoms with Crippen molar-refractivity contribution in [3.05, 3.63) is 78.2 Å². The first-order valence-electron chi connectivity index (χ1n) is 11.4. The molecule has 0 bridgehead atoms. The monoisotopic (exact) mass is 481 g/mol. The highest BCUT2D eigenvalue weighted by Crippen LogP contribution is 2.10. The van der Waals surface area contributed by atoms with E-state index in [0.29, 0.717) is 6.42 Å². The molecule has 0 unspecified atom stereocenters. The van der Waals surface area contributed by atoms with E-state index in [2.05, 4.69) is 16.0 Å². The molecule has 0 saturated carbocycles. The van der Waals surface area contributed by atoms with Gasteiger partial charge >= 0.3 is 0 Å². The first kappa shape index (κ1) is 27.5. The van der Waals surface area contributed by atoms with E-state index in [1.165, 1.54) is 0 Å². The van der Waals surface area contributed by atoms with Crippen LogP contribution in [-0.4, -0.2) is 46.9 Å². The molecule has 2 aromatic carbocycles. The summed E-state index contributed by atoms with van der Waals surface area (Å²) in [6, 6.07) is 16.4. The minimum atomic E-state index is -1.55. The van der Waals surface area contributed by atoms with Crippen molar-refractivity contribution in [3.63, 3.8) is 0 Å². The normalized spacial score (nSPS) is 13.4. The maximum absolute atomic E-state index is 13.1. The molecule has 6 N–H and O–H groups in total. The fraction of sp³-hybridized carbons (Fsp3) is 0.346. The second-order valence-electron chi connectivity index (χ2n) is 8.69. The quantitative estimate of drug-likeness (QED) is 0.266. The number of nitrogens with two attached hydrogens (primary N) is 1. The van der Waals surface area contributed by atoms with Crippen molar-refractivity contribution in [2.75, 3.05) is 0 Å².